The second-order valence-electron chi connectivity index (χ2n) is 3.69. The van der Waals surface area contributed by atoms with E-state index in [1.165, 1.54) is 6.20 Å². The monoisotopic (exact) mass is 265 g/mol. The smallest absolute Gasteiger partial charge is 0.406 e. The molecule has 1 rings (SSSR count). The summed E-state index contributed by atoms with van der Waals surface area (Å²) in [6, 6.07) is 0. The first-order valence-corrected chi connectivity index (χ1v) is 5.28. The number of hydrogen-bond acceptors (Lipinski definition) is 3. The van der Waals surface area contributed by atoms with E-state index in [1.807, 2.05) is 6.92 Å². The average molecular weight is 265 g/mol. The minimum absolute atomic E-state index is 0.352. The maximum atomic E-state index is 12.0. The Morgan fingerprint density at radius 3 is 2.72 bits per heavy atom. The topological polar surface area (TPSA) is 47.4 Å². The maximum absolute atomic E-state index is 12.0. The van der Waals surface area contributed by atoms with Crippen molar-refractivity contribution in [2.75, 3.05) is 20.2 Å². The molecule has 0 saturated carbocycles. The molecule has 102 valence electrons. The zero-order valence-corrected chi connectivity index (χ0v) is 10.1. The lowest BCUT2D eigenvalue weighted by Gasteiger charge is -2.18. The van der Waals surface area contributed by atoms with E-state index in [9.17, 15) is 18.0 Å². The fourth-order valence-electron chi connectivity index (χ4n) is 1.20. The molecule has 0 aliphatic carbocycles. The van der Waals surface area contributed by atoms with E-state index in [0.717, 1.165) is 7.05 Å². The summed E-state index contributed by atoms with van der Waals surface area (Å²) in [5.41, 5.74) is 0. The van der Waals surface area contributed by atoms with Crippen molar-refractivity contribution in [1.82, 2.24) is 14.7 Å². The molecule has 0 saturated heterocycles. The molecular formula is C10H14F3N3O2. The summed E-state index contributed by atoms with van der Waals surface area (Å²) in [5, 5.41) is 3.90. The normalized spacial score (nSPS) is 11.4. The summed E-state index contributed by atoms with van der Waals surface area (Å²) in [5.74, 6) is -0.387. The molecule has 0 unspecified atom stereocenters. The van der Waals surface area contributed by atoms with Crippen LogP contribution in [0, 0.1) is 0 Å². The molecule has 0 atom stereocenters. The number of ether oxygens (including phenoxy) is 1. The van der Waals surface area contributed by atoms with Crippen molar-refractivity contribution >= 4 is 5.91 Å². The Morgan fingerprint density at radius 1 is 1.56 bits per heavy atom. The van der Waals surface area contributed by atoms with Crippen LogP contribution >= 0.6 is 0 Å². The number of aromatic nitrogens is 2. The second-order valence-corrected chi connectivity index (χ2v) is 3.69. The van der Waals surface area contributed by atoms with Crippen LogP contribution in [0.3, 0.4) is 0 Å². The third-order valence-corrected chi connectivity index (χ3v) is 2.14. The molecule has 18 heavy (non-hydrogen) atoms. The summed E-state index contributed by atoms with van der Waals surface area (Å²) < 4.78 is 42.7. The number of halogens is 3. The van der Waals surface area contributed by atoms with Gasteiger partial charge in [0.15, 0.2) is 12.4 Å². The molecule has 0 aliphatic heterocycles. The number of hydrogen-bond donors (Lipinski definition) is 0. The molecule has 0 N–H and O–H groups in total. The van der Waals surface area contributed by atoms with Gasteiger partial charge in [-0.3, -0.25) is 9.48 Å². The van der Waals surface area contributed by atoms with Crippen LogP contribution in [0.1, 0.15) is 6.92 Å². The zero-order valence-electron chi connectivity index (χ0n) is 10.1. The Kier molecular flexibility index (Phi) is 4.57. The lowest BCUT2D eigenvalue weighted by Crippen LogP contribution is -2.38. The largest absolute Gasteiger partial charge is 0.480 e. The van der Waals surface area contributed by atoms with Crippen molar-refractivity contribution in [1.29, 1.82) is 0 Å². The minimum Gasteiger partial charge on any atom is -0.480 e. The molecule has 1 aromatic rings. The van der Waals surface area contributed by atoms with Crippen LogP contribution < -0.4 is 4.74 Å². The first kappa shape index (κ1) is 14.3. The molecule has 0 bridgehead atoms. The van der Waals surface area contributed by atoms with E-state index in [2.05, 4.69) is 5.10 Å². The fraction of sp³-hybridized carbons (Fsp3) is 0.600. The molecule has 0 aliphatic rings. The van der Waals surface area contributed by atoms with Crippen LogP contribution in [0.2, 0.25) is 0 Å². The van der Waals surface area contributed by atoms with Gasteiger partial charge in [0.25, 0.3) is 5.91 Å². The Balaban J connectivity index is 2.41. The third kappa shape index (κ3) is 4.64. The second kappa shape index (κ2) is 5.74. The van der Waals surface area contributed by atoms with Gasteiger partial charge in [0.2, 0.25) is 0 Å². The molecule has 5 nitrogen and oxygen atoms in total. The molecule has 1 aromatic heterocycles. The van der Waals surface area contributed by atoms with E-state index < -0.39 is 25.2 Å². The first-order valence-electron chi connectivity index (χ1n) is 5.28. The molecule has 0 fully saturated rings. The number of nitrogens with zero attached hydrogens (tertiary/aromatic N) is 3. The lowest BCUT2D eigenvalue weighted by molar-refractivity contribution is -0.159. The quantitative estimate of drug-likeness (QED) is 0.806. The summed E-state index contributed by atoms with van der Waals surface area (Å²) in [6.07, 6.45) is -1.44. The maximum Gasteiger partial charge on any atom is 0.406 e. The van der Waals surface area contributed by atoms with Crippen molar-refractivity contribution in [3.05, 3.63) is 12.4 Å². The van der Waals surface area contributed by atoms with Gasteiger partial charge >= 0.3 is 6.18 Å². The van der Waals surface area contributed by atoms with E-state index >= 15 is 0 Å². The number of carbonyl (C=O) groups is 1. The van der Waals surface area contributed by atoms with Crippen LogP contribution in [-0.4, -0.2) is 47.0 Å². The van der Waals surface area contributed by atoms with E-state index in [1.54, 1.807) is 10.9 Å². The fourth-order valence-corrected chi connectivity index (χ4v) is 1.20. The minimum atomic E-state index is -4.41. The predicted molar refractivity (Wildman–Crippen MR) is 57.1 cm³/mol. The lowest BCUT2D eigenvalue weighted by atomic mass is 10.5. The highest BCUT2D eigenvalue weighted by molar-refractivity contribution is 5.77. The summed E-state index contributed by atoms with van der Waals surface area (Å²) in [7, 11) is 1.08. The number of aryl methyl sites for hydroxylation is 1. The van der Waals surface area contributed by atoms with Crippen LogP contribution in [-0.2, 0) is 11.3 Å². The predicted octanol–water partition coefficient (Wildman–Crippen LogP) is 1.30. The number of alkyl halides is 3. The number of amides is 1. The number of carbonyl (C=O) groups excluding carboxylic acids is 1. The van der Waals surface area contributed by atoms with Crippen molar-refractivity contribution in [3.63, 3.8) is 0 Å². The third-order valence-electron chi connectivity index (χ3n) is 2.14. The van der Waals surface area contributed by atoms with E-state index in [4.69, 9.17) is 4.74 Å². The Morgan fingerprint density at radius 2 is 2.22 bits per heavy atom. The van der Waals surface area contributed by atoms with Crippen molar-refractivity contribution < 1.29 is 22.7 Å². The van der Waals surface area contributed by atoms with Gasteiger partial charge in [-0.15, -0.1) is 0 Å². The standard InChI is InChI=1S/C10H14F3N3O2/c1-3-16-5-8(4-14-16)18-6-9(17)15(2)7-10(11,12)13/h4-5H,3,6-7H2,1-2H3. The summed E-state index contributed by atoms with van der Waals surface area (Å²) in [6.45, 7) is 0.787. The molecule has 1 heterocycles. The summed E-state index contributed by atoms with van der Waals surface area (Å²) >= 11 is 0. The average Bonchev–Trinajstić information content (AvgIpc) is 2.71. The number of likely N-dealkylation sites (N-methyl/N-ethyl adjacent to an activating group) is 1. The van der Waals surface area contributed by atoms with Crippen LogP contribution in [0.5, 0.6) is 5.75 Å². The van der Waals surface area contributed by atoms with Gasteiger partial charge in [-0.25, -0.2) is 0 Å². The highest BCUT2D eigenvalue weighted by atomic mass is 19.4. The van der Waals surface area contributed by atoms with Gasteiger partial charge in [0.1, 0.15) is 6.54 Å². The van der Waals surface area contributed by atoms with Gasteiger partial charge in [-0.2, -0.15) is 18.3 Å². The summed E-state index contributed by atoms with van der Waals surface area (Å²) in [4.78, 5) is 11.9. The van der Waals surface area contributed by atoms with Gasteiger partial charge in [0.05, 0.1) is 12.4 Å². The van der Waals surface area contributed by atoms with Crippen molar-refractivity contribution in [3.8, 4) is 5.75 Å². The Bertz CT molecular complexity index is 403. The Hall–Kier alpha value is -1.73. The zero-order chi connectivity index (χ0) is 13.8. The molecule has 0 aromatic carbocycles. The molecule has 8 heteroatoms. The van der Waals surface area contributed by atoms with E-state index in [0.29, 0.717) is 17.2 Å². The highest BCUT2D eigenvalue weighted by Gasteiger charge is 2.31. The number of rotatable bonds is 5. The van der Waals surface area contributed by atoms with Gasteiger partial charge in [0, 0.05) is 13.6 Å². The van der Waals surface area contributed by atoms with Crippen molar-refractivity contribution in [2.24, 2.45) is 0 Å². The van der Waals surface area contributed by atoms with Gasteiger partial charge in [-0.1, -0.05) is 0 Å². The molecular weight excluding hydrogens is 251 g/mol. The highest BCUT2D eigenvalue weighted by Crippen LogP contribution is 2.15. The van der Waals surface area contributed by atoms with Crippen molar-refractivity contribution in [2.45, 2.75) is 19.6 Å². The van der Waals surface area contributed by atoms with Crippen LogP contribution in [0.15, 0.2) is 12.4 Å². The molecule has 0 spiro atoms. The van der Waals surface area contributed by atoms with Crippen LogP contribution in [0.4, 0.5) is 13.2 Å². The van der Waals surface area contributed by atoms with E-state index in [-0.39, 0.29) is 0 Å². The molecule has 1 amide bonds. The SMILES string of the molecule is CCn1cc(OCC(=O)N(C)CC(F)(F)F)cn1. The first-order chi connectivity index (χ1) is 8.31. The van der Waals surface area contributed by atoms with Gasteiger partial charge in [-0.05, 0) is 6.92 Å². The molecule has 0 radical (unpaired) electrons. The van der Waals surface area contributed by atoms with Gasteiger partial charge < -0.3 is 9.64 Å². The Labute approximate surface area is 102 Å². The van der Waals surface area contributed by atoms with Crippen LogP contribution in [0.25, 0.3) is 0 Å².